The topological polar surface area (TPSA) is 76.4 Å². The summed E-state index contributed by atoms with van der Waals surface area (Å²) < 4.78 is 18.3. The smallest absolute Gasteiger partial charge is 0.353 e. The van der Waals surface area contributed by atoms with Crippen molar-refractivity contribution in [2.45, 2.75) is 6.54 Å². The molecule has 8 nitrogen and oxygen atoms in total. The van der Waals surface area contributed by atoms with Gasteiger partial charge in [-0.05, 0) is 30.8 Å². The molecular weight excluding hydrogens is 422 g/mol. The van der Waals surface area contributed by atoms with E-state index in [1.54, 1.807) is 21.3 Å². The van der Waals surface area contributed by atoms with E-state index in [1.165, 1.54) is 0 Å². The van der Waals surface area contributed by atoms with E-state index in [-0.39, 0.29) is 5.69 Å². The van der Waals surface area contributed by atoms with Gasteiger partial charge in [0, 0.05) is 56.3 Å². The molecule has 1 fully saturated rings. The van der Waals surface area contributed by atoms with Gasteiger partial charge in [0.15, 0.2) is 11.5 Å². The monoisotopic (exact) mass is 453 g/mol. The quantitative estimate of drug-likeness (QED) is 0.561. The fourth-order valence-electron chi connectivity index (χ4n) is 4.49. The number of rotatable bonds is 8. The Morgan fingerprint density at radius 2 is 1.55 bits per heavy atom. The Labute approximate surface area is 193 Å². The summed E-state index contributed by atoms with van der Waals surface area (Å²) in [5, 5.41) is 11.1. The molecule has 0 bridgehead atoms. The second-order valence-electron chi connectivity index (χ2n) is 8.28. The van der Waals surface area contributed by atoms with Crippen LogP contribution in [0.5, 0.6) is 17.2 Å². The average Bonchev–Trinajstić information content (AvgIpc) is 3.16. The van der Waals surface area contributed by atoms with E-state index in [0.29, 0.717) is 29.4 Å². The Balaban J connectivity index is 1.86. The third kappa shape index (κ3) is 4.49. The lowest BCUT2D eigenvalue weighted by Gasteiger charge is -2.32. The minimum atomic E-state index is -0.965. The van der Waals surface area contributed by atoms with Crippen molar-refractivity contribution in [1.29, 1.82) is 0 Å². The van der Waals surface area contributed by atoms with Crippen molar-refractivity contribution in [2.24, 2.45) is 0 Å². The van der Waals surface area contributed by atoms with Crippen LogP contribution in [0.15, 0.2) is 36.4 Å². The number of piperazine rings is 1. The predicted octanol–water partition coefficient (Wildman–Crippen LogP) is 3.28. The first-order valence-electron chi connectivity index (χ1n) is 11.0. The zero-order valence-electron chi connectivity index (χ0n) is 19.6. The van der Waals surface area contributed by atoms with Gasteiger partial charge in [-0.2, -0.15) is 0 Å². The first kappa shape index (κ1) is 22.9. The number of likely N-dealkylation sites (N-methyl/N-ethyl adjacent to an activating group) is 1. The highest BCUT2D eigenvalue weighted by molar-refractivity contribution is 6.09. The SMILES string of the molecule is COc1ccc(-c2c(C(=O)O)n(CCN3CCN(C)CC3)c3cc(OC)c(OC)cc23)cc1. The molecule has 1 aliphatic rings. The number of benzene rings is 2. The van der Waals surface area contributed by atoms with Gasteiger partial charge in [0.25, 0.3) is 0 Å². The number of hydrogen-bond acceptors (Lipinski definition) is 6. The van der Waals surface area contributed by atoms with Gasteiger partial charge in [-0.3, -0.25) is 4.90 Å². The van der Waals surface area contributed by atoms with E-state index in [0.717, 1.165) is 49.2 Å². The van der Waals surface area contributed by atoms with Crippen molar-refractivity contribution in [3.8, 4) is 28.4 Å². The highest BCUT2D eigenvalue weighted by Crippen LogP contribution is 2.41. The number of ether oxygens (including phenoxy) is 3. The second-order valence-corrected chi connectivity index (χ2v) is 8.28. The lowest BCUT2D eigenvalue weighted by atomic mass is 10.0. The summed E-state index contributed by atoms with van der Waals surface area (Å²) in [6, 6.07) is 11.2. The van der Waals surface area contributed by atoms with Gasteiger partial charge in [0.1, 0.15) is 11.4 Å². The van der Waals surface area contributed by atoms with Crippen molar-refractivity contribution >= 4 is 16.9 Å². The summed E-state index contributed by atoms with van der Waals surface area (Å²) in [7, 11) is 6.90. The van der Waals surface area contributed by atoms with E-state index in [2.05, 4.69) is 16.8 Å². The van der Waals surface area contributed by atoms with Crippen LogP contribution >= 0.6 is 0 Å². The van der Waals surface area contributed by atoms with Crippen LogP contribution in [-0.2, 0) is 6.54 Å². The molecule has 1 N–H and O–H groups in total. The van der Waals surface area contributed by atoms with E-state index in [9.17, 15) is 9.90 Å². The van der Waals surface area contributed by atoms with Gasteiger partial charge in [0.05, 0.1) is 26.8 Å². The maximum atomic E-state index is 12.6. The number of nitrogens with zero attached hydrogens (tertiary/aromatic N) is 3. The van der Waals surface area contributed by atoms with Gasteiger partial charge in [-0.25, -0.2) is 4.79 Å². The highest BCUT2D eigenvalue weighted by Gasteiger charge is 2.26. The Morgan fingerprint density at radius 1 is 0.909 bits per heavy atom. The minimum absolute atomic E-state index is 0.264. The van der Waals surface area contributed by atoms with Gasteiger partial charge < -0.3 is 28.8 Å². The van der Waals surface area contributed by atoms with E-state index in [4.69, 9.17) is 14.2 Å². The molecule has 0 amide bonds. The molecule has 33 heavy (non-hydrogen) atoms. The molecule has 1 aromatic heterocycles. The van der Waals surface area contributed by atoms with Crippen LogP contribution in [0.1, 0.15) is 10.5 Å². The number of carbonyl (C=O) groups is 1. The van der Waals surface area contributed by atoms with Crippen molar-refractivity contribution in [3.05, 3.63) is 42.1 Å². The van der Waals surface area contributed by atoms with Crippen LogP contribution in [0.4, 0.5) is 0 Å². The number of carboxylic acids is 1. The molecule has 0 spiro atoms. The normalized spacial score (nSPS) is 15.0. The molecule has 8 heteroatoms. The molecule has 1 saturated heterocycles. The van der Waals surface area contributed by atoms with Crippen molar-refractivity contribution in [2.75, 3.05) is 61.1 Å². The third-order valence-corrected chi connectivity index (χ3v) is 6.39. The van der Waals surface area contributed by atoms with Crippen molar-refractivity contribution < 1.29 is 24.1 Å². The second kappa shape index (κ2) is 9.72. The van der Waals surface area contributed by atoms with Gasteiger partial charge in [-0.1, -0.05) is 12.1 Å². The van der Waals surface area contributed by atoms with Crippen LogP contribution in [0.2, 0.25) is 0 Å². The molecule has 0 aliphatic carbocycles. The highest BCUT2D eigenvalue weighted by atomic mass is 16.5. The van der Waals surface area contributed by atoms with E-state index < -0.39 is 5.97 Å². The number of aromatic carboxylic acids is 1. The first-order valence-corrected chi connectivity index (χ1v) is 11.0. The van der Waals surface area contributed by atoms with Crippen molar-refractivity contribution in [3.63, 3.8) is 0 Å². The number of hydrogen-bond donors (Lipinski definition) is 1. The van der Waals surface area contributed by atoms with Gasteiger partial charge in [0.2, 0.25) is 0 Å². The number of carboxylic acid groups (broad SMARTS) is 1. The summed E-state index contributed by atoms with van der Waals surface area (Å²) in [5.74, 6) is 0.886. The molecule has 176 valence electrons. The van der Waals surface area contributed by atoms with E-state index in [1.807, 2.05) is 41.0 Å². The van der Waals surface area contributed by atoms with Gasteiger partial charge >= 0.3 is 5.97 Å². The lowest BCUT2D eigenvalue weighted by Crippen LogP contribution is -2.45. The summed E-state index contributed by atoms with van der Waals surface area (Å²) >= 11 is 0. The minimum Gasteiger partial charge on any atom is -0.497 e. The van der Waals surface area contributed by atoms with Crippen LogP contribution in [0.3, 0.4) is 0 Å². The van der Waals surface area contributed by atoms with Crippen molar-refractivity contribution in [1.82, 2.24) is 14.4 Å². The molecule has 3 aromatic rings. The molecule has 2 heterocycles. The standard InChI is InChI=1S/C25H31N3O5/c1-26-9-11-27(12-10-26)13-14-28-20-16-22(33-4)21(32-3)15-19(20)23(24(28)25(29)30)17-5-7-18(31-2)8-6-17/h5-8,15-16H,9-14H2,1-4H3,(H,29,30). The number of fused-ring (bicyclic) bond motifs is 1. The maximum Gasteiger partial charge on any atom is 0.353 e. The Hall–Kier alpha value is -3.23. The van der Waals surface area contributed by atoms with Gasteiger partial charge in [-0.15, -0.1) is 0 Å². The fourth-order valence-corrected chi connectivity index (χ4v) is 4.49. The summed E-state index contributed by atoms with van der Waals surface area (Å²) in [6.45, 7) is 5.31. The van der Waals surface area contributed by atoms with Crippen LogP contribution in [0.25, 0.3) is 22.0 Å². The Morgan fingerprint density at radius 3 is 2.12 bits per heavy atom. The number of aromatic nitrogens is 1. The Bertz CT molecular complexity index is 1130. The molecule has 0 unspecified atom stereocenters. The number of methoxy groups -OCH3 is 3. The van der Waals surface area contributed by atoms with E-state index >= 15 is 0 Å². The molecule has 0 radical (unpaired) electrons. The zero-order chi connectivity index (χ0) is 23.5. The molecular formula is C25H31N3O5. The zero-order valence-corrected chi connectivity index (χ0v) is 19.6. The molecule has 0 atom stereocenters. The molecule has 2 aromatic carbocycles. The molecule has 1 aliphatic heterocycles. The largest absolute Gasteiger partial charge is 0.497 e. The van der Waals surface area contributed by atoms with Crippen LogP contribution in [-0.4, -0.2) is 86.5 Å². The predicted molar refractivity (Wildman–Crippen MR) is 128 cm³/mol. The summed E-state index contributed by atoms with van der Waals surface area (Å²) in [4.78, 5) is 17.3. The average molecular weight is 454 g/mol. The summed E-state index contributed by atoms with van der Waals surface area (Å²) in [6.07, 6.45) is 0. The van der Waals surface area contributed by atoms with Crippen LogP contribution < -0.4 is 14.2 Å². The maximum absolute atomic E-state index is 12.6. The fraction of sp³-hybridized carbons (Fsp3) is 0.400. The molecule has 4 rings (SSSR count). The van der Waals surface area contributed by atoms with Crippen LogP contribution in [0, 0.1) is 0 Å². The third-order valence-electron chi connectivity index (χ3n) is 6.39. The molecule has 0 saturated carbocycles. The summed E-state index contributed by atoms with van der Waals surface area (Å²) in [5.41, 5.74) is 2.55. The lowest BCUT2D eigenvalue weighted by molar-refractivity contribution is 0.0685. The first-order chi connectivity index (χ1) is 16.0. The Kier molecular flexibility index (Phi) is 6.76.